The minimum absolute atomic E-state index is 0.139. The molecule has 0 fully saturated rings. The molecule has 0 heterocycles. The first-order valence-electron chi connectivity index (χ1n) is 8.61. The van der Waals surface area contributed by atoms with Crippen LogP contribution in [0.15, 0.2) is 30.3 Å². The fourth-order valence-electron chi connectivity index (χ4n) is 3.15. The van der Waals surface area contributed by atoms with Crippen molar-refractivity contribution < 1.29 is 18.6 Å². The maximum atomic E-state index is 13.4. The number of ether oxygens (including phenoxy) is 1. The molecule has 26 heavy (non-hydrogen) atoms. The van der Waals surface area contributed by atoms with Gasteiger partial charge in [-0.25, -0.2) is 8.78 Å². The summed E-state index contributed by atoms with van der Waals surface area (Å²) in [4.78, 5) is 0. The Hall–Kier alpha value is -1.94. The minimum Gasteiger partial charge on any atom is -0.457 e. The van der Waals surface area contributed by atoms with Crippen molar-refractivity contribution in [2.45, 2.75) is 59.0 Å². The van der Waals surface area contributed by atoms with Gasteiger partial charge in [-0.2, -0.15) is 0 Å². The van der Waals surface area contributed by atoms with Gasteiger partial charge in [-0.15, -0.1) is 0 Å². The first kappa shape index (κ1) is 20.4. The summed E-state index contributed by atoms with van der Waals surface area (Å²) >= 11 is 0. The van der Waals surface area contributed by atoms with Crippen molar-refractivity contribution >= 4 is 0 Å². The van der Waals surface area contributed by atoms with Crippen molar-refractivity contribution in [2.24, 2.45) is 0 Å². The van der Waals surface area contributed by atoms with E-state index in [0.29, 0.717) is 16.9 Å². The van der Waals surface area contributed by atoms with Crippen LogP contribution in [-0.4, -0.2) is 5.11 Å². The zero-order valence-electron chi connectivity index (χ0n) is 16.3. The van der Waals surface area contributed by atoms with Crippen LogP contribution in [0.25, 0.3) is 0 Å². The Balaban J connectivity index is 2.63. The van der Waals surface area contributed by atoms with E-state index in [1.54, 1.807) is 39.0 Å². The second-order valence-corrected chi connectivity index (χ2v) is 8.21. The van der Waals surface area contributed by atoms with E-state index >= 15 is 0 Å². The molecule has 2 rings (SSSR count). The summed E-state index contributed by atoms with van der Waals surface area (Å²) in [5, 5.41) is 10.6. The van der Waals surface area contributed by atoms with Crippen molar-refractivity contribution in [1.29, 1.82) is 0 Å². The van der Waals surface area contributed by atoms with Gasteiger partial charge in [0.1, 0.15) is 11.5 Å². The Kier molecular flexibility index (Phi) is 5.48. The van der Waals surface area contributed by atoms with Gasteiger partial charge in [-0.3, -0.25) is 0 Å². The number of benzene rings is 2. The Morgan fingerprint density at radius 1 is 1.08 bits per heavy atom. The average molecular weight is 361 g/mol. The number of halogens is 2. The second kappa shape index (κ2) is 6.99. The summed E-state index contributed by atoms with van der Waals surface area (Å²) in [7, 11) is 0. The Bertz CT molecular complexity index is 797. The van der Waals surface area contributed by atoms with E-state index in [0.717, 1.165) is 11.1 Å². The van der Waals surface area contributed by atoms with Crippen LogP contribution in [0.2, 0.25) is 0 Å². The highest BCUT2D eigenvalue weighted by Gasteiger charge is 2.29. The van der Waals surface area contributed by atoms with Gasteiger partial charge in [0.2, 0.25) is 0 Å². The number of alkyl halides is 2. The van der Waals surface area contributed by atoms with Gasteiger partial charge >= 0.3 is 0 Å². The number of hydrogen-bond donors (Lipinski definition) is 1. The summed E-state index contributed by atoms with van der Waals surface area (Å²) in [5.41, 5.74) is 1.37. The van der Waals surface area contributed by atoms with Crippen LogP contribution in [0, 0.1) is 13.8 Å². The van der Waals surface area contributed by atoms with Gasteiger partial charge in [0, 0.05) is 0 Å². The van der Waals surface area contributed by atoms with Crippen LogP contribution in [-0.2, 0) is 11.0 Å². The minimum atomic E-state index is -2.62. The molecule has 2 aromatic carbocycles. The van der Waals surface area contributed by atoms with Crippen molar-refractivity contribution in [3.63, 3.8) is 0 Å². The molecule has 0 saturated heterocycles. The predicted molar refractivity (Wildman–Crippen MR) is 101 cm³/mol. The first-order valence-corrected chi connectivity index (χ1v) is 8.61. The lowest BCUT2D eigenvalue weighted by Crippen LogP contribution is -2.25. The number of aliphatic hydroxyl groups is 1. The Morgan fingerprint density at radius 2 is 1.69 bits per heavy atom. The van der Waals surface area contributed by atoms with Gasteiger partial charge in [-0.05, 0) is 73.6 Å². The van der Waals surface area contributed by atoms with Crippen LogP contribution >= 0.6 is 0 Å². The third kappa shape index (κ3) is 4.24. The molecule has 2 nitrogen and oxygen atoms in total. The van der Waals surface area contributed by atoms with E-state index in [4.69, 9.17) is 4.74 Å². The maximum absolute atomic E-state index is 13.4. The summed E-state index contributed by atoms with van der Waals surface area (Å²) < 4.78 is 32.6. The fraction of sp³-hybridized carbons (Fsp3) is 0.409. The topological polar surface area (TPSA) is 29.5 Å². The van der Waals surface area contributed by atoms with E-state index in [1.165, 1.54) is 6.07 Å². The van der Waals surface area contributed by atoms with Gasteiger partial charge in [-0.1, -0.05) is 32.9 Å². The molecule has 0 bridgehead atoms. The highest BCUT2D eigenvalue weighted by Crippen LogP contribution is 2.40. The molecule has 0 saturated carbocycles. The molecule has 0 spiro atoms. The van der Waals surface area contributed by atoms with Gasteiger partial charge < -0.3 is 9.84 Å². The molecule has 1 radical (unpaired) electrons. The first-order chi connectivity index (χ1) is 11.8. The summed E-state index contributed by atoms with van der Waals surface area (Å²) in [6.45, 7) is 15.3. The zero-order chi connectivity index (χ0) is 19.9. The molecule has 1 N–H and O–H groups in total. The highest BCUT2D eigenvalue weighted by molar-refractivity contribution is 5.52. The molecular weight excluding hydrogens is 334 g/mol. The van der Waals surface area contributed by atoms with Crippen LogP contribution < -0.4 is 4.74 Å². The smallest absolute Gasteiger partial charge is 0.267 e. The normalized spacial score (nSPS) is 12.6. The quantitative estimate of drug-likeness (QED) is 0.680. The molecule has 141 valence electrons. The summed E-state index contributed by atoms with van der Waals surface area (Å²) in [6, 6.07) is 8.19. The lowest BCUT2D eigenvalue weighted by atomic mass is 9.77. The molecule has 0 unspecified atom stereocenters. The van der Waals surface area contributed by atoms with Crippen LogP contribution in [0.4, 0.5) is 8.78 Å². The molecule has 0 aliphatic carbocycles. The van der Waals surface area contributed by atoms with Crippen LogP contribution in [0.3, 0.4) is 0 Å². The Morgan fingerprint density at radius 3 is 2.19 bits per heavy atom. The number of aryl methyl sites for hydroxylation is 1. The fourth-order valence-corrected chi connectivity index (χ4v) is 3.15. The standard InChI is InChI=1S/C22H27F2O2/c1-13-9-8-10-16(20(23)24)19(13)26-15-11-14(2)18(22(6,7)25)17(12-15)21(3,4)5/h8-12,20,25H,2H2,1,3-7H3. The number of rotatable bonds is 4. The molecule has 0 atom stereocenters. The number of para-hydroxylation sites is 1. The summed E-state index contributed by atoms with van der Waals surface area (Å²) in [6.07, 6.45) is -2.62. The van der Waals surface area contributed by atoms with Crippen molar-refractivity contribution in [3.8, 4) is 11.5 Å². The van der Waals surface area contributed by atoms with Gasteiger partial charge in [0.05, 0.1) is 11.2 Å². The summed E-state index contributed by atoms with van der Waals surface area (Å²) in [5.74, 6) is 0.599. The van der Waals surface area contributed by atoms with Gasteiger partial charge in [0.25, 0.3) is 6.43 Å². The number of hydrogen-bond acceptors (Lipinski definition) is 2. The van der Waals surface area contributed by atoms with E-state index in [9.17, 15) is 13.9 Å². The second-order valence-electron chi connectivity index (χ2n) is 8.21. The third-order valence-corrected chi connectivity index (χ3v) is 4.31. The van der Waals surface area contributed by atoms with Crippen molar-refractivity contribution in [1.82, 2.24) is 0 Å². The van der Waals surface area contributed by atoms with E-state index in [2.05, 4.69) is 6.92 Å². The third-order valence-electron chi connectivity index (χ3n) is 4.31. The van der Waals surface area contributed by atoms with Gasteiger partial charge in [0.15, 0.2) is 0 Å². The van der Waals surface area contributed by atoms with E-state index in [1.807, 2.05) is 26.8 Å². The molecule has 4 heteroatoms. The SMILES string of the molecule is [CH2]c1cc(Oc2c(C)cccc2C(F)F)cc(C(C)(C)C)c1C(C)(C)O. The van der Waals surface area contributed by atoms with Crippen LogP contribution in [0.5, 0.6) is 11.5 Å². The maximum Gasteiger partial charge on any atom is 0.267 e. The average Bonchev–Trinajstić information content (AvgIpc) is 2.46. The molecule has 0 aliphatic rings. The Labute approximate surface area is 154 Å². The van der Waals surface area contributed by atoms with Crippen molar-refractivity contribution in [2.75, 3.05) is 0 Å². The van der Waals surface area contributed by atoms with E-state index in [-0.39, 0.29) is 16.7 Å². The lowest BCUT2D eigenvalue weighted by Gasteiger charge is -2.31. The molecule has 0 amide bonds. The monoisotopic (exact) mass is 361 g/mol. The van der Waals surface area contributed by atoms with Crippen LogP contribution in [0.1, 0.15) is 68.9 Å². The highest BCUT2D eigenvalue weighted by atomic mass is 19.3. The van der Waals surface area contributed by atoms with Crippen molar-refractivity contribution in [3.05, 3.63) is 65.1 Å². The molecular formula is C22H27F2O2. The zero-order valence-corrected chi connectivity index (χ0v) is 16.3. The largest absolute Gasteiger partial charge is 0.457 e. The lowest BCUT2D eigenvalue weighted by molar-refractivity contribution is 0.0761. The predicted octanol–water partition coefficient (Wildman–Crippen LogP) is 6.43. The molecule has 0 aromatic heterocycles. The molecule has 0 aliphatic heterocycles. The molecule has 2 aromatic rings. The van der Waals surface area contributed by atoms with E-state index < -0.39 is 12.0 Å².